The van der Waals surface area contributed by atoms with Gasteiger partial charge in [-0.05, 0) is 23.7 Å². The molecule has 90 valence electrons. The van der Waals surface area contributed by atoms with Crippen LogP contribution < -0.4 is 0 Å². The predicted octanol–water partition coefficient (Wildman–Crippen LogP) is 5.90. The van der Waals surface area contributed by atoms with Crippen molar-refractivity contribution in [3.63, 3.8) is 0 Å². The van der Waals surface area contributed by atoms with Crippen molar-refractivity contribution in [3.8, 4) is 0 Å². The lowest BCUT2D eigenvalue weighted by Gasteiger charge is -2.21. The van der Waals surface area contributed by atoms with Crippen LogP contribution in [0.3, 0.4) is 0 Å². The molecule has 0 heterocycles. The van der Waals surface area contributed by atoms with Gasteiger partial charge in [-0.1, -0.05) is 75.6 Å². The lowest BCUT2D eigenvalue weighted by Crippen LogP contribution is -2.08. The Balaban J connectivity index is 3.71. The highest BCUT2D eigenvalue weighted by Gasteiger charge is 2.14. The molecular weight excluding hydrogens is 220 g/mol. The van der Waals surface area contributed by atoms with Gasteiger partial charge in [0, 0.05) is 4.75 Å². The fraction of sp³-hybridized carbons (Fsp3) is 0.846. The molecule has 0 aliphatic heterocycles. The summed E-state index contributed by atoms with van der Waals surface area (Å²) in [7, 11) is 3.78. The Kier molecular flexibility index (Phi) is 7.10. The van der Waals surface area contributed by atoms with Gasteiger partial charge < -0.3 is 0 Å². The third-order valence-corrected chi connectivity index (χ3v) is 5.07. The molecule has 0 aromatic heterocycles. The van der Waals surface area contributed by atoms with Crippen LogP contribution >= 0.6 is 21.6 Å². The Morgan fingerprint density at radius 1 is 1.07 bits per heavy atom. The number of hydrogen-bond donors (Lipinski definition) is 0. The predicted molar refractivity (Wildman–Crippen MR) is 77.4 cm³/mol. The highest BCUT2D eigenvalue weighted by atomic mass is 33.1. The van der Waals surface area contributed by atoms with E-state index < -0.39 is 0 Å². The molecule has 2 heteroatoms. The highest BCUT2D eigenvalue weighted by molar-refractivity contribution is 8.78. The SMILES string of the molecule is CCCC(C)(C)C/C=C/SSC(C)(C)C. The van der Waals surface area contributed by atoms with Crippen molar-refractivity contribution in [2.24, 2.45) is 5.41 Å². The van der Waals surface area contributed by atoms with Crippen LogP contribution in [0.4, 0.5) is 0 Å². The molecule has 0 radical (unpaired) electrons. The molecule has 0 amide bonds. The monoisotopic (exact) mass is 246 g/mol. The normalized spacial score (nSPS) is 13.7. The van der Waals surface area contributed by atoms with Gasteiger partial charge in [-0.2, -0.15) is 0 Å². The summed E-state index contributed by atoms with van der Waals surface area (Å²) in [5.41, 5.74) is 0.470. The summed E-state index contributed by atoms with van der Waals surface area (Å²) in [4.78, 5) is 0. The maximum Gasteiger partial charge on any atom is 0.0182 e. The van der Waals surface area contributed by atoms with E-state index in [1.54, 1.807) is 0 Å². The van der Waals surface area contributed by atoms with Crippen molar-refractivity contribution in [2.75, 3.05) is 0 Å². The zero-order valence-corrected chi connectivity index (χ0v) is 12.7. The molecule has 0 unspecified atom stereocenters. The molecule has 0 aliphatic rings. The van der Waals surface area contributed by atoms with Gasteiger partial charge in [0.05, 0.1) is 0 Å². The van der Waals surface area contributed by atoms with Crippen molar-refractivity contribution in [3.05, 3.63) is 11.5 Å². The molecule has 0 aromatic carbocycles. The first-order valence-corrected chi connectivity index (χ1v) is 7.98. The van der Waals surface area contributed by atoms with Crippen molar-refractivity contribution in [1.29, 1.82) is 0 Å². The van der Waals surface area contributed by atoms with E-state index in [1.807, 2.05) is 21.6 Å². The van der Waals surface area contributed by atoms with E-state index in [0.717, 1.165) is 0 Å². The summed E-state index contributed by atoms with van der Waals surface area (Å²) >= 11 is 0. The topological polar surface area (TPSA) is 0 Å². The first-order chi connectivity index (χ1) is 6.77. The van der Waals surface area contributed by atoms with Crippen LogP contribution in [0.2, 0.25) is 0 Å². The summed E-state index contributed by atoms with van der Waals surface area (Å²) in [6, 6.07) is 0. The second-order valence-corrected chi connectivity index (χ2v) is 8.72. The standard InChI is InChI=1S/C13H26S2/c1-7-9-13(5,6)10-8-11-14-15-12(2,3)4/h8,11H,7,9-10H2,1-6H3/b11-8+. The quantitative estimate of drug-likeness (QED) is 0.535. The third-order valence-electron chi connectivity index (χ3n) is 2.05. The minimum atomic E-state index is 0.355. The summed E-state index contributed by atoms with van der Waals surface area (Å²) < 4.78 is 0.355. The Hall–Kier alpha value is 0.440. The molecule has 0 fully saturated rings. The zero-order chi connectivity index (χ0) is 11.9. The minimum Gasteiger partial charge on any atom is -0.0836 e. The van der Waals surface area contributed by atoms with Gasteiger partial charge >= 0.3 is 0 Å². The van der Waals surface area contributed by atoms with Crippen molar-refractivity contribution in [2.45, 2.75) is 65.6 Å². The molecule has 0 saturated heterocycles. The van der Waals surface area contributed by atoms with E-state index in [-0.39, 0.29) is 0 Å². The summed E-state index contributed by atoms with van der Waals surface area (Å²) in [5, 5.41) is 2.24. The number of allylic oxidation sites excluding steroid dienone is 1. The molecule has 0 spiro atoms. The number of rotatable bonds is 6. The van der Waals surface area contributed by atoms with E-state index in [9.17, 15) is 0 Å². The second kappa shape index (κ2) is 6.90. The third kappa shape index (κ3) is 10.7. The molecule has 0 N–H and O–H groups in total. The molecule has 0 atom stereocenters. The van der Waals surface area contributed by atoms with Crippen molar-refractivity contribution < 1.29 is 0 Å². The van der Waals surface area contributed by atoms with Gasteiger partial charge in [0.15, 0.2) is 0 Å². The minimum absolute atomic E-state index is 0.355. The summed E-state index contributed by atoms with van der Waals surface area (Å²) in [6.07, 6.45) is 6.11. The van der Waals surface area contributed by atoms with E-state index in [1.165, 1.54) is 19.3 Å². The molecular formula is C13H26S2. The van der Waals surface area contributed by atoms with Crippen LogP contribution in [-0.4, -0.2) is 4.75 Å². The average molecular weight is 246 g/mol. The molecule has 0 bridgehead atoms. The summed E-state index contributed by atoms with van der Waals surface area (Å²) in [6.45, 7) is 13.7. The molecule has 0 rings (SSSR count). The van der Waals surface area contributed by atoms with Crippen molar-refractivity contribution >= 4 is 21.6 Å². The Morgan fingerprint density at radius 3 is 2.13 bits per heavy atom. The van der Waals surface area contributed by atoms with Crippen LogP contribution in [0.25, 0.3) is 0 Å². The second-order valence-electron chi connectivity index (χ2n) is 5.78. The first-order valence-electron chi connectivity index (χ1n) is 5.76. The smallest absolute Gasteiger partial charge is 0.0182 e. The average Bonchev–Trinajstić information content (AvgIpc) is 2.00. The van der Waals surface area contributed by atoms with Crippen LogP contribution in [0.15, 0.2) is 11.5 Å². The highest BCUT2D eigenvalue weighted by Crippen LogP contribution is 2.36. The van der Waals surface area contributed by atoms with Crippen LogP contribution in [0.5, 0.6) is 0 Å². The van der Waals surface area contributed by atoms with Crippen LogP contribution in [-0.2, 0) is 0 Å². The molecule has 0 saturated carbocycles. The fourth-order valence-electron chi connectivity index (χ4n) is 1.36. The molecule has 0 aromatic rings. The van der Waals surface area contributed by atoms with Gasteiger partial charge in [0.25, 0.3) is 0 Å². The maximum atomic E-state index is 2.35. The molecule has 0 nitrogen and oxygen atoms in total. The zero-order valence-electron chi connectivity index (χ0n) is 11.1. The fourth-order valence-corrected chi connectivity index (χ4v) is 3.14. The van der Waals surface area contributed by atoms with E-state index in [2.05, 4.69) is 53.0 Å². The Morgan fingerprint density at radius 2 is 1.67 bits per heavy atom. The van der Waals surface area contributed by atoms with Gasteiger partial charge in [0.1, 0.15) is 0 Å². The molecule has 15 heavy (non-hydrogen) atoms. The van der Waals surface area contributed by atoms with Gasteiger partial charge in [-0.25, -0.2) is 0 Å². The van der Waals surface area contributed by atoms with Crippen LogP contribution in [0.1, 0.15) is 60.8 Å². The lowest BCUT2D eigenvalue weighted by molar-refractivity contribution is 0.336. The van der Waals surface area contributed by atoms with E-state index in [4.69, 9.17) is 0 Å². The van der Waals surface area contributed by atoms with E-state index >= 15 is 0 Å². The Labute approximate surface area is 104 Å². The largest absolute Gasteiger partial charge is 0.0836 e. The number of hydrogen-bond acceptors (Lipinski definition) is 2. The van der Waals surface area contributed by atoms with Crippen molar-refractivity contribution in [1.82, 2.24) is 0 Å². The Bertz CT molecular complexity index is 187. The van der Waals surface area contributed by atoms with Gasteiger partial charge in [-0.15, -0.1) is 0 Å². The lowest BCUT2D eigenvalue weighted by atomic mass is 9.85. The molecule has 0 aliphatic carbocycles. The van der Waals surface area contributed by atoms with Crippen LogP contribution in [0, 0.1) is 5.41 Å². The van der Waals surface area contributed by atoms with Gasteiger partial charge in [-0.3, -0.25) is 0 Å². The summed E-state index contributed by atoms with van der Waals surface area (Å²) in [5.74, 6) is 0. The van der Waals surface area contributed by atoms with Gasteiger partial charge in [0.2, 0.25) is 0 Å². The van der Waals surface area contributed by atoms with E-state index in [0.29, 0.717) is 10.2 Å². The maximum absolute atomic E-state index is 2.35. The first kappa shape index (κ1) is 15.4.